The topological polar surface area (TPSA) is 192 Å². The predicted octanol–water partition coefficient (Wildman–Crippen LogP) is 7.93. The molecule has 0 aromatic carbocycles. The number of nitrogens with one attached hydrogen (secondary N) is 1. The molecule has 4 N–H and O–H groups in total. The van der Waals surface area contributed by atoms with Crippen LogP contribution in [0, 0.1) is 48.3 Å². The number of alkyl carbamates (subject to hydrolysis) is 1. The molecule has 2 unspecified atom stereocenters. The standard InChI is InChI=1S/C49H78N2O12S/c1-12-34(44(54)55)36-16-15-27(4)42(60-36)31(8)40(52)30(7)41(53)35(13-2)43-28(5)25-29(6)48(61-43)21-17-38(51-45(56)58-24-19-37-32(9)50-26-64-37)49(63-48)23-22-46(11,62-49)39-18-20-47(57,14-3)33(10)59-39/h17,21,26-31,33-36,38-40,42-43,52,57H,12-16,18-20,22-25H2,1-11H3,(H,51,56)(H,54,55)/t27-,28-,29+,30-,31-,33-,34?,35?,36+,38+,39+,40+,42+,43-,46-,47+,48-,49-/m0/s1. The van der Waals surface area contributed by atoms with Crippen molar-refractivity contribution in [2.24, 2.45) is 41.4 Å². The first kappa shape index (κ1) is 50.9. The number of rotatable bonds is 16. The number of amides is 1. The van der Waals surface area contributed by atoms with Crippen molar-refractivity contribution in [3.8, 4) is 0 Å². The van der Waals surface area contributed by atoms with E-state index in [0.717, 1.165) is 17.0 Å². The zero-order valence-corrected chi connectivity index (χ0v) is 41.0. The van der Waals surface area contributed by atoms with Crippen molar-refractivity contribution in [3.05, 3.63) is 28.2 Å². The zero-order chi connectivity index (χ0) is 46.9. The average molecular weight is 919 g/mol. The van der Waals surface area contributed by atoms with Gasteiger partial charge in [-0.05, 0) is 96.5 Å². The summed E-state index contributed by atoms with van der Waals surface area (Å²) < 4.78 is 40.3. The SMILES string of the molecule is CCC(C(=O)[C@@H](C)[C@@H](O)[C@H](C)[C@@H]1O[C@@H](C(CC)C(=O)O)CC[C@@H]1C)[C@H]1O[C@]2(C=C[C@@H](NC(=O)OCCc3scnc3C)[C@]3(CC[C@@](C)([C@H]4CC[C@](O)(CC)[C@H](C)O4)O3)O2)[C@H](C)C[C@@H]1C. The van der Waals surface area contributed by atoms with Gasteiger partial charge in [0.15, 0.2) is 11.6 Å². The number of carbonyl (C=O) groups excluding carboxylic acids is 2. The summed E-state index contributed by atoms with van der Waals surface area (Å²) >= 11 is 1.53. The van der Waals surface area contributed by atoms with Crippen LogP contribution in [0.5, 0.6) is 0 Å². The van der Waals surface area contributed by atoms with E-state index in [4.69, 9.17) is 28.4 Å². The third-order valence-electron chi connectivity index (χ3n) is 16.2. The van der Waals surface area contributed by atoms with Gasteiger partial charge in [-0.2, -0.15) is 0 Å². The fraction of sp³-hybridized carbons (Fsp3) is 0.837. The van der Waals surface area contributed by atoms with Gasteiger partial charge in [-0.15, -0.1) is 11.3 Å². The molecule has 18 atom stereocenters. The highest BCUT2D eigenvalue weighted by Gasteiger charge is 2.63. The molecule has 14 nitrogen and oxygen atoms in total. The first-order valence-corrected chi connectivity index (χ1v) is 25.1. The lowest BCUT2D eigenvalue weighted by Crippen LogP contribution is -2.65. The Morgan fingerprint density at radius 2 is 1.69 bits per heavy atom. The van der Waals surface area contributed by atoms with Crippen LogP contribution in [0.1, 0.15) is 144 Å². The van der Waals surface area contributed by atoms with E-state index in [-0.39, 0.29) is 36.2 Å². The van der Waals surface area contributed by atoms with E-state index in [1.54, 1.807) is 12.4 Å². The second-order valence-corrected chi connectivity index (χ2v) is 21.3. The van der Waals surface area contributed by atoms with Crippen molar-refractivity contribution in [2.75, 3.05) is 6.61 Å². The predicted molar refractivity (Wildman–Crippen MR) is 241 cm³/mol. The van der Waals surface area contributed by atoms with Gasteiger partial charge in [0.05, 0.1) is 71.6 Å². The van der Waals surface area contributed by atoms with E-state index >= 15 is 0 Å². The molecular formula is C49H78N2O12S. The Kier molecular flexibility index (Phi) is 16.2. The van der Waals surface area contributed by atoms with Crippen LogP contribution >= 0.6 is 11.3 Å². The summed E-state index contributed by atoms with van der Waals surface area (Å²) in [7, 11) is 0. The Morgan fingerprint density at radius 1 is 0.969 bits per heavy atom. The van der Waals surface area contributed by atoms with Crippen LogP contribution in [-0.2, 0) is 44.4 Å². The van der Waals surface area contributed by atoms with E-state index in [2.05, 4.69) is 31.1 Å². The van der Waals surface area contributed by atoms with Crippen LogP contribution in [0.15, 0.2) is 17.7 Å². The fourth-order valence-corrected chi connectivity index (χ4v) is 12.4. The van der Waals surface area contributed by atoms with Gasteiger partial charge in [-0.25, -0.2) is 9.78 Å². The Hall–Kier alpha value is -2.50. The molecule has 1 amide bonds. The highest BCUT2D eigenvalue weighted by Crippen LogP contribution is 2.54. The van der Waals surface area contributed by atoms with Crippen LogP contribution in [0.25, 0.3) is 0 Å². The van der Waals surface area contributed by atoms with Crippen molar-refractivity contribution in [3.63, 3.8) is 0 Å². The summed E-state index contributed by atoms with van der Waals surface area (Å²) in [4.78, 5) is 45.6. The first-order valence-electron chi connectivity index (χ1n) is 24.2. The molecule has 0 aliphatic carbocycles. The normalized spacial score (nSPS) is 40.1. The van der Waals surface area contributed by atoms with Crippen LogP contribution in [0.2, 0.25) is 0 Å². The van der Waals surface area contributed by atoms with Crippen molar-refractivity contribution in [1.29, 1.82) is 0 Å². The summed E-state index contributed by atoms with van der Waals surface area (Å²) in [5, 5.41) is 36.1. The maximum Gasteiger partial charge on any atom is 0.407 e. The molecule has 6 rings (SSSR count). The van der Waals surface area contributed by atoms with E-state index < -0.39 is 95.1 Å². The van der Waals surface area contributed by atoms with E-state index in [1.165, 1.54) is 11.3 Å². The summed E-state index contributed by atoms with van der Waals surface area (Å²) in [5.41, 5.74) is 0.939. The van der Waals surface area contributed by atoms with Crippen molar-refractivity contribution < 1.29 is 58.1 Å². The molecule has 0 bridgehead atoms. The molecule has 0 saturated carbocycles. The largest absolute Gasteiger partial charge is 0.481 e. The number of thiazole rings is 1. The molecule has 362 valence electrons. The smallest absolute Gasteiger partial charge is 0.407 e. The lowest BCUT2D eigenvalue weighted by molar-refractivity contribution is -0.398. The van der Waals surface area contributed by atoms with Crippen LogP contribution < -0.4 is 5.32 Å². The number of aliphatic hydroxyl groups is 2. The number of aliphatic carboxylic acids is 1. The number of hydrogen-bond acceptors (Lipinski definition) is 13. The Morgan fingerprint density at radius 3 is 2.31 bits per heavy atom. The summed E-state index contributed by atoms with van der Waals surface area (Å²) in [5.74, 6) is -6.19. The van der Waals surface area contributed by atoms with E-state index in [9.17, 15) is 29.7 Å². The minimum Gasteiger partial charge on any atom is -0.481 e. The minimum absolute atomic E-state index is 0.0362. The van der Waals surface area contributed by atoms with Gasteiger partial charge in [0, 0.05) is 41.4 Å². The number of hydrogen-bond donors (Lipinski definition) is 4. The number of aryl methyl sites for hydroxylation is 1. The number of aliphatic hydroxyl groups excluding tert-OH is 1. The Labute approximate surface area is 384 Å². The van der Waals surface area contributed by atoms with Gasteiger partial charge >= 0.3 is 12.1 Å². The molecule has 4 fully saturated rings. The molecule has 4 saturated heterocycles. The Bertz CT molecular complexity index is 1810. The van der Waals surface area contributed by atoms with Crippen LogP contribution in [0.3, 0.4) is 0 Å². The maximum atomic E-state index is 14.7. The van der Waals surface area contributed by atoms with Crippen molar-refractivity contribution >= 4 is 29.2 Å². The first-order chi connectivity index (χ1) is 30.2. The van der Waals surface area contributed by atoms with Gasteiger partial charge in [0.1, 0.15) is 11.8 Å². The number of Topliss-reactive ketones (excluding diaryl/α,β-unsaturated/α-hetero) is 1. The average Bonchev–Trinajstić information content (AvgIpc) is 3.83. The zero-order valence-electron chi connectivity index (χ0n) is 40.2. The molecule has 1 aromatic rings. The van der Waals surface area contributed by atoms with Gasteiger partial charge in [0.25, 0.3) is 0 Å². The molecule has 2 spiro atoms. The summed E-state index contributed by atoms with van der Waals surface area (Å²) in [6.45, 7) is 21.7. The van der Waals surface area contributed by atoms with Gasteiger partial charge < -0.3 is 49.1 Å². The molecule has 0 radical (unpaired) electrons. The van der Waals surface area contributed by atoms with Gasteiger partial charge in [-0.3, -0.25) is 9.59 Å². The lowest BCUT2D eigenvalue weighted by atomic mass is 9.72. The second-order valence-electron chi connectivity index (χ2n) is 20.3. The number of ether oxygens (including phenoxy) is 6. The highest BCUT2D eigenvalue weighted by atomic mass is 32.1. The Balaban J connectivity index is 1.23. The number of carboxylic acid groups (broad SMARTS) is 1. The maximum absolute atomic E-state index is 14.7. The van der Waals surface area contributed by atoms with Gasteiger partial charge in [0.2, 0.25) is 0 Å². The molecule has 15 heteroatoms. The van der Waals surface area contributed by atoms with Crippen molar-refractivity contribution in [2.45, 2.75) is 212 Å². The number of nitrogens with zero attached hydrogens (tertiary/aromatic N) is 1. The molecule has 6 heterocycles. The van der Waals surface area contributed by atoms with E-state index in [1.807, 2.05) is 60.6 Å². The quantitative estimate of drug-likeness (QED) is 0.117. The monoisotopic (exact) mass is 919 g/mol. The second kappa shape index (κ2) is 20.4. The number of carbonyl (C=O) groups is 3. The highest BCUT2D eigenvalue weighted by molar-refractivity contribution is 7.09. The molecule has 64 heavy (non-hydrogen) atoms. The number of carboxylic acids is 1. The fourth-order valence-electron chi connectivity index (χ4n) is 11.6. The van der Waals surface area contributed by atoms with Crippen molar-refractivity contribution in [1.82, 2.24) is 10.3 Å². The summed E-state index contributed by atoms with van der Waals surface area (Å²) in [6, 6.07) is -0.757. The third-order valence-corrected chi connectivity index (χ3v) is 17.2. The van der Waals surface area contributed by atoms with Crippen LogP contribution in [-0.4, -0.2) is 110 Å². The molecular weight excluding hydrogens is 841 g/mol. The van der Waals surface area contributed by atoms with Gasteiger partial charge in [-0.1, -0.05) is 61.5 Å². The number of aromatic nitrogens is 1. The molecule has 1 aromatic heterocycles. The summed E-state index contributed by atoms with van der Waals surface area (Å²) in [6.07, 6.45) is 6.17. The van der Waals surface area contributed by atoms with Crippen LogP contribution in [0.4, 0.5) is 4.79 Å². The van der Waals surface area contributed by atoms with E-state index in [0.29, 0.717) is 64.2 Å². The minimum atomic E-state index is -1.39. The molecule has 5 aliphatic heterocycles. The molecule has 5 aliphatic rings. The number of ketones is 1. The third kappa shape index (κ3) is 10.2. The lowest BCUT2D eigenvalue weighted by Gasteiger charge is -2.55.